The monoisotopic (exact) mass is 432 g/mol. The van der Waals surface area contributed by atoms with E-state index < -0.39 is 29.6 Å². The molecule has 156 valence electrons. The highest BCUT2D eigenvalue weighted by atomic mass is 35.5. The van der Waals surface area contributed by atoms with E-state index in [1.807, 2.05) is 0 Å². The molecule has 0 N–H and O–H groups in total. The van der Waals surface area contributed by atoms with E-state index in [1.165, 1.54) is 19.1 Å². The van der Waals surface area contributed by atoms with E-state index in [0.29, 0.717) is 12.0 Å². The summed E-state index contributed by atoms with van der Waals surface area (Å²) in [6.07, 6.45) is -2.69. The molecule has 0 aromatic heterocycles. The molecule has 0 bridgehead atoms. The molecular weight excluding hydrogens is 416 g/mol. The third kappa shape index (κ3) is 4.10. The van der Waals surface area contributed by atoms with Crippen LogP contribution >= 0.6 is 11.6 Å². The molecule has 1 aliphatic carbocycles. The Bertz CT molecular complexity index is 925. The predicted molar refractivity (Wildman–Crippen MR) is 99.6 cm³/mol. The summed E-state index contributed by atoms with van der Waals surface area (Å²) in [7, 11) is 2.48. The number of hydrogen-bond acceptors (Lipinski definition) is 5. The SMILES string of the molecule is COC(=O)CC1C2=CCCC(F)=C2N=C(Cl)N1c1cc(C(F)(F)F)ccc1OC. The lowest BCUT2D eigenvalue weighted by Crippen LogP contribution is -2.45. The average molecular weight is 433 g/mol. The van der Waals surface area contributed by atoms with E-state index in [0.717, 1.165) is 18.2 Å². The molecule has 2 aliphatic rings. The second-order valence-corrected chi connectivity index (χ2v) is 6.72. The van der Waals surface area contributed by atoms with Gasteiger partial charge in [-0.2, -0.15) is 13.2 Å². The number of fused-ring (bicyclic) bond motifs is 1. The molecule has 0 saturated carbocycles. The minimum absolute atomic E-state index is 0.00246. The molecule has 1 aromatic carbocycles. The van der Waals surface area contributed by atoms with Crippen molar-refractivity contribution < 1.29 is 31.8 Å². The smallest absolute Gasteiger partial charge is 0.416 e. The van der Waals surface area contributed by atoms with Crippen LogP contribution in [-0.4, -0.2) is 31.5 Å². The number of esters is 1. The first-order valence-corrected chi connectivity index (χ1v) is 8.99. The van der Waals surface area contributed by atoms with E-state index in [-0.39, 0.29) is 35.3 Å². The van der Waals surface area contributed by atoms with E-state index >= 15 is 0 Å². The molecule has 1 atom stereocenters. The number of anilines is 1. The van der Waals surface area contributed by atoms with Crippen LogP contribution < -0.4 is 9.64 Å². The number of amidine groups is 1. The van der Waals surface area contributed by atoms with Crippen LogP contribution in [0.5, 0.6) is 5.75 Å². The van der Waals surface area contributed by atoms with Crippen molar-refractivity contribution in [3.63, 3.8) is 0 Å². The molecule has 10 heteroatoms. The fraction of sp³-hybridized carbons (Fsp3) is 0.368. The Kier molecular flexibility index (Phi) is 5.88. The van der Waals surface area contributed by atoms with Gasteiger partial charge in [-0.25, -0.2) is 9.38 Å². The van der Waals surface area contributed by atoms with Gasteiger partial charge in [0.2, 0.25) is 5.29 Å². The lowest BCUT2D eigenvalue weighted by molar-refractivity contribution is -0.141. The molecule has 29 heavy (non-hydrogen) atoms. The average Bonchev–Trinajstić information content (AvgIpc) is 2.67. The summed E-state index contributed by atoms with van der Waals surface area (Å²) < 4.78 is 64.1. The van der Waals surface area contributed by atoms with Crippen LogP contribution in [0.15, 0.2) is 46.4 Å². The first-order chi connectivity index (χ1) is 13.7. The topological polar surface area (TPSA) is 51.1 Å². The number of nitrogens with zero attached hydrogens (tertiary/aromatic N) is 2. The second kappa shape index (κ2) is 8.06. The van der Waals surface area contributed by atoms with Crippen LogP contribution in [0.3, 0.4) is 0 Å². The zero-order valence-corrected chi connectivity index (χ0v) is 16.3. The van der Waals surface area contributed by atoms with Gasteiger partial charge in [0.1, 0.15) is 17.3 Å². The van der Waals surface area contributed by atoms with Gasteiger partial charge >= 0.3 is 12.1 Å². The quantitative estimate of drug-likeness (QED) is 0.383. The first-order valence-electron chi connectivity index (χ1n) is 8.62. The Morgan fingerprint density at radius 2 is 2.07 bits per heavy atom. The summed E-state index contributed by atoms with van der Waals surface area (Å²) >= 11 is 6.28. The normalized spacial score (nSPS) is 19.4. The largest absolute Gasteiger partial charge is 0.495 e. The van der Waals surface area contributed by atoms with Crippen molar-refractivity contribution >= 4 is 28.6 Å². The summed E-state index contributed by atoms with van der Waals surface area (Å²) in [4.78, 5) is 17.3. The van der Waals surface area contributed by atoms with E-state index in [9.17, 15) is 22.4 Å². The number of carbonyl (C=O) groups is 1. The third-order valence-electron chi connectivity index (χ3n) is 4.69. The van der Waals surface area contributed by atoms with Gasteiger partial charge in [0, 0.05) is 12.0 Å². The van der Waals surface area contributed by atoms with E-state index in [2.05, 4.69) is 4.99 Å². The molecule has 0 spiro atoms. The van der Waals surface area contributed by atoms with Crippen molar-refractivity contribution in [1.82, 2.24) is 0 Å². The fourth-order valence-corrected chi connectivity index (χ4v) is 3.62. The number of ether oxygens (including phenoxy) is 2. The predicted octanol–water partition coefficient (Wildman–Crippen LogP) is 4.96. The van der Waals surface area contributed by atoms with Crippen LogP contribution in [0.4, 0.5) is 23.2 Å². The van der Waals surface area contributed by atoms with E-state index in [4.69, 9.17) is 21.1 Å². The van der Waals surface area contributed by atoms with Crippen LogP contribution in [0.1, 0.15) is 24.8 Å². The minimum Gasteiger partial charge on any atom is -0.495 e. The number of halogens is 5. The van der Waals surface area contributed by atoms with Gasteiger partial charge < -0.3 is 14.4 Å². The van der Waals surface area contributed by atoms with Crippen LogP contribution in [-0.2, 0) is 15.7 Å². The Balaban J connectivity index is 2.21. The molecule has 0 radical (unpaired) electrons. The van der Waals surface area contributed by atoms with Crippen molar-refractivity contribution in [3.05, 3.63) is 46.9 Å². The number of alkyl halides is 3. The zero-order valence-electron chi connectivity index (χ0n) is 15.5. The summed E-state index contributed by atoms with van der Waals surface area (Å²) in [6, 6.07) is 1.97. The fourth-order valence-electron chi connectivity index (χ4n) is 3.32. The molecule has 1 aliphatic heterocycles. The van der Waals surface area contributed by atoms with Gasteiger partial charge in [-0.15, -0.1) is 0 Å². The van der Waals surface area contributed by atoms with Crippen molar-refractivity contribution in [1.29, 1.82) is 0 Å². The lowest BCUT2D eigenvalue weighted by Gasteiger charge is -2.38. The van der Waals surface area contributed by atoms with Gasteiger partial charge in [-0.05, 0) is 36.2 Å². The minimum atomic E-state index is -4.61. The molecular formula is C19H17ClF4N2O3. The second-order valence-electron chi connectivity index (χ2n) is 6.38. The molecule has 1 heterocycles. The number of hydrogen-bond donors (Lipinski definition) is 0. The maximum atomic E-state index is 14.3. The van der Waals surface area contributed by atoms with Gasteiger partial charge in [0.05, 0.1) is 37.9 Å². The van der Waals surface area contributed by atoms with Gasteiger partial charge in [0.25, 0.3) is 0 Å². The highest BCUT2D eigenvalue weighted by Gasteiger charge is 2.39. The maximum absolute atomic E-state index is 14.3. The van der Waals surface area contributed by atoms with Crippen LogP contribution in [0, 0.1) is 0 Å². The standard InChI is InChI=1S/C19H17ClF4N2O3/c1-28-15-7-6-10(19(22,23)24)8-14(15)26-13(9-16(27)29-2)11-4-3-5-12(21)17(11)25-18(26)20/h4,6-8,13H,3,5,9H2,1-2H3. The Morgan fingerprint density at radius 1 is 1.34 bits per heavy atom. The molecule has 0 saturated heterocycles. The Morgan fingerprint density at radius 3 is 2.69 bits per heavy atom. The highest BCUT2D eigenvalue weighted by Crippen LogP contribution is 2.43. The number of rotatable bonds is 4. The molecule has 1 aromatic rings. The van der Waals surface area contributed by atoms with Crippen molar-refractivity contribution in [2.75, 3.05) is 19.1 Å². The van der Waals surface area contributed by atoms with Crippen molar-refractivity contribution in [3.8, 4) is 5.75 Å². The summed E-state index contributed by atoms with van der Waals surface area (Å²) in [5.74, 6) is -1.04. The number of methoxy groups -OCH3 is 2. The van der Waals surface area contributed by atoms with Crippen molar-refractivity contribution in [2.45, 2.75) is 31.5 Å². The number of allylic oxidation sites excluding steroid dienone is 2. The lowest BCUT2D eigenvalue weighted by atomic mass is 9.91. The third-order valence-corrected chi connectivity index (χ3v) is 4.95. The zero-order chi connectivity index (χ0) is 21.3. The van der Waals surface area contributed by atoms with Crippen molar-refractivity contribution in [2.24, 2.45) is 4.99 Å². The Hall–Kier alpha value is -2.55. The van der Waals surface area contributed by atoms with Gasteiger partial charge in [-0.1, -0.05) is 6.08 Å². The molecule has 1 unspecified atom stereocenters. The van der Waals surface area contributed by atoms with E-state index in [1.54, 1.807) is 6.08 Å². The summed E-state index contributed by atoms with van der Waals surface area (Å²) in [5, 5.41) is -0.277. The van der Waals surface area contributed by atoms with Crippen LogP contribution in [0.2, 0.25) is 0 Å². The molecule has 5 nitrogen and oxygen atoms in total. The molecule has 0 fully saturated rings. The summed E-state index contributed by atoms with van der Waals surface area (Å²) in [5.41, 5.74) is -0.615. The first kappa shape index (κ1) is 21.2. The maximum Gasteiger partial charge on any atom is 0.416 e. The molecule has 3 rings (SSSR count). The number of benzene rings is 1. The molecule has 0 amide bonds. The summed E-state index contributed by atoms with van der Waals surface area (Å²) in [6.45, 7) is 0. The Labute approximate surface area is 169 Å². The van der Waals surface area contributed by atoms with Gasteiger partial charge in [-0.3, -0.25) is 4.79 Å². The van der Waals surface area contributed by atoms with Gasteiger partial charge in [0.15, 0.2) is 0 Å². The number of carbonyl (C=O) groups excluding carboxylic acids is 1. The highest BCUT2D eigenvalue weighted by molar-refractivity contribution is 6.68. The number of aliphatic imine (C=N–C) groups is 1. The van der Waals surface area contributed by atoms with Crippen LogP contribution in [0.25, 0.3) is 0 Å².